The van der Waals surface area contributed by atoms with Crippen LogP contribution in [0, 0.1) is 12.7 Å². The van der Waals surface area contributed by atoms with Crippen LogP contribution in [-0.2, 0) is 11.3 Å². The van der Waals surface area contributed by atoms with E-state index >= 15 is 0 Å². The Balaban J connectivity index is 2.10. The number of hydrogen-bond acceptors (Lipinski definition) is 1. The van der Waals surface area contributed by atoms with E-state index in [0.717, 1.165) is 16.5 Å². The Morgan fingerprint density at radius 1 is 1.12 bits per heavy atom. The minimum absolute atomic E-state index is 0.123. The molecule has 3 rings (SSSR count). The monoisotopic (exact) mass is 226 g/mol. The number of halogens is 1. The maximum Gasteiger partial charge on any atom is 0.362 e. The van der Waals surface area contributed by atoms with Crippen LogP contribution in [0.5, 0.6) is 0 Å². The Labute approximate surface area is 100 Å². The smallest absolute Gasteiger partial charge is 0.362 e. The minimum atomic E-state index is -0.210. The van der Waals surface area contributed by atoms with Gasteiger partial charge in [0, 0.05) is 0 Å². The summed E-state index contributed by atoms with van der Waals surface area (Å²) in [6, 6.07) is 13.0. The van der Waals surface area contributed by atoms with Gasteiger partial charge in [0.25, 0.3) is 0 Å². The van der Waals surface area contributed by atoms with Crippen molar-refractivity contribution >= 4 is 17.8 Å². The van der Waals surface area contributed by atoms with Crippen LogP contribution in [0.15, 0.2) is 42.5 Å². The molecule has 1 aliphatic heterocycles. The van der Waals surface area contributed by atoms with Crippen LogP contribution in [0.4, 0.5) is 4.39 Å². The minimum Gasteiger partial charge on any atom is -0.423 e. The molecule has 0 aromatic heterocycles. The Morgan fingerprint density at radius 3 is 2.82 bits per heavy atom. The third-order valence-corrected chi connectivity index (χ3v) is 3.27. The molecule has 2 aromatic rings. The molecule has 0 radical (unpaired) electrons. The zero-order valence-corrected chi connectivity index (χ0v) is 9.61. The molecule has 0 N–H and O–H groups in total. The molecule has 17 heavy (non-hydrogen) atoms. The number of rotatable bonds is 1. The summed E-state index contributed by atoms with van der Waals surface area (Å²) in [7, 11) is 0. The fourth-order valence-corrected chi connectivity index (χ4v) is 2.34. The lowest BCUT2D eigenvalue weighted by Crippen LogP contribution is -2.42. The highest BCUT2D eigenvalue weighted by Crippen LogP contribution is 2.12. The summed E-state index contributed by atoms with van der Waals surface area (Å²) in [6.45, 7) is 2.47. The van der Waals surface area contributed by atoms with E-state index in [9.17, 15) is 4.39 Å². The van der Waals surface area contributed by atoms with E-state index in [4.69, 9.17) is 4.65 Å². The lowest BCUT2D eigenvalue weighted by Gasteiger charge is -2.10. The van der Waals surface area contributed by atoms with Crippen LogP contribution >= 0.6 is 0 Å². The zero-order valence-electron chi connectivity index (χ0n) is 9.61. The van der Waals surface area contributed by atoms with Crippen LogP contribution < -0.4 is 10.9 Å². The van der Waals surface area contributed by atoms with Crippen molar-refractivity contribution in [2.24, 2.45) is 0 Å². The van der Waals surface area contributed by atoms with E-state index < -0.39 is 0 Å². The second kappa shape index (κ2) is 4.00. The van der Waals surface area contributed by atoms with Gasteiger partial charge in [-0.1, -0.05) is 35.9 Å². The number of fused-ring (bicyclic) bond motifs is 1. The molecule has 0 amide bonds. The highest BCUT2D eigenvalue weighted by atomic mass is 19.1. The maximum absolute atomic E-state index is 13.3. The summed E-state index contributed by atoms with van der Waals surface area (Å²) in [5.41, 5.74) is 4.34. The summed E-state index contributed by atoms with van der Waals surface area (Å²) in [4.78, 5) is 0. The predicted octanol–water partition coefficient (Wildman–Crippen LogP) is 1.77. The Hall–Kier alpha value is -1.61. The van der Waals surface area contributed by atoms with Gasteiger partial charge in [-0.25, -0.2) is 4.39 Å². The number of hydrogen-bond donors (Lipinski definition) is 0. The van der Waals surface area contributed by atoms with Gasteiger partial charge in [0.15, 0.2) is 0 Å². The van der Waals surface area contributed by atoms with Crippen molar-refractivity contribution in [1.82, 2.24) is 0 Å². The second-order valence-electron chi connectivity index (χ2n) is 4.39. The molecule has 0 spiro atoms. The molecule has 0 atom stereocenters. The van der Waals surface area contributed by atoms with Crippen molar-refractivity contribution in [3.8, 4) is 0 Å². The molecular formula is C14H12BFO. The molecule has 1 nitrogen and oxygen atoms in total. The average molecular weight is 226 g/mol. The van der Waals surface area contributed by atoms with Gasteiger partial charge in [-0.2, -0.15) is 0 Å². The Bertz CT molecular complexity index is 568. The standard InChI is InChI=1S/C14H12BFO/c1-10-6-7-12(16)8-14(10)15-13-5-3-2-4-11(13)9-17-15/h2-8H,9H2,1H3. The van der Waals surface area contributed by atoms with E-state index in [0.29, 0.717) is 6.61 Å². The molecule has 1 aliphatic rings. The van der Waals surface area contributed by atoms with Crippen LogP contribution in [0.25, 0.3) is 0 Å². The fraction of sp³-hybridized carbons (Fsp3) is 0.143. The molecule has 0 aliphatic carbocycles. The van der Waals surface area contributed by atoms with Crippen molar-refractivity contribution in [2.75, 3.05) is 0 Å². The largest absolute Gasteiger partial charge is 0.423 e. The first-order valence-electron chi connectivity index (χ1n) is 5.71. The van der Waals surface area contributed by atoms with Gasteiger partial charge >= 0.3 is 6.92 Å². The second-order valence-corrected chi connectivity index (χ2v) is 4.39. The van der Waals surface area contributed by atoms with Crippen molar-refractivity contribution in [1.29, 1.82) is 0 Å². The van der Waals surface area contributed by atoms with Gasteiger partial charge in [0.1, 0.15) is 5.82 Å². The molecular weight excluding hydrogens is 214 g/mol. The van der Waals surface area contributed by atoms with E-state index in [1.165, 1.54) is 11.6 Å². The van der Waals surface area contributed by atoms with Gasteiger partial charge in [0.05, 0.1) is 6.61 Å². The van der Waals surface area contributed by atoms with Crippen LogP contribution in [0.2, 0.25) is 0 Å². The van der Waals surface area contributed by atoms with Gasteiger partial charge in [-0.15, -0.1) is 0 Å². The summed E-state index contributed by atoms with van der Waals surface area (Å²) in [5, 5.41) is 0. The first-order chi connectivity index (χ1) is 8.25. The van der Waals surface area contributed by atoms with Crippen LogP contribution in [0.3, 0.4) is 0 Å². The van der Waals surface area contributed by atoms with E-state index in [2.05, 4.69) is 12.1 Å². The molecule has 0 bridgehead atoms. The average Bonchev–Trinajstić information content (AvgIpc) is 2.76. The highest BCUT2D eigenvalue weighted by Gasteiger charge is 2.30. The van der Waals surface area contributed by atoms with Crippen LogP contribution in [-0.4, -0.2) is 6.92 Å². The zero-order chi connectivity index (χ0) is 11.8. The van der Waals surface area contributed by atoms with Crippen molar-refractivity contribution in [2.45, 2.75) is 13.5 Å². The molecule has 1 heterocycles. The maximum atomic E-state index is 13.3. The van der Waals surface area contributed by atoms with E-state index in [-0.39, 0.29) is 12.7 Å². The lowest BCUT2D eigenvalue weighted by molar-refractivity contribution is 0.337. The van der Waals surface area contributed by atoms with Gasteiger partial charge in [-0.3, -0.25) is 0 Å². The van der Waals surface area contributed by atoms with Gasteiger partial charge < -0.3 is 4.65 Å². The molecule has 0 unspecified atom stereocenters. The molecule has 0 saturated carbocycles. The van der Waals surface area contributed by atoms with Crippen molar-refractivity contribution in [3.05, 3.63) is 59.4 Å². The highest BCUT2D eigenvalue weighted by molar-refractivity contribution is 6.81. The van der Waals surface area contributed by atoms with Gasteiger partial charge in [-0.05, 0) is 35.5 Å². The quantitative estimate of drug-likeness (QED) is 0.673. The number of aryl methyl sites for hydroxylation is 1. The van der Waals surface area contributed by atoms with Crippen molar-refractivity contribution in [3.63, 3.8) is 0 Å². The third kappa shape index (κ3) is 1.77. The van der Waals surface area contributed by atoms with Crippen LogP contribution in [0.1, 0.15) is 11.1 Å². The normalized spacial score (nSPS) is 13.9. The Morgan fingerprint density at radius 2 is 1.94 bits per heavy atom. The topological polar surface area (TPSA) is 9.23 Å². The summed E-state index contributed by atoms with van der Waals surface area (Å²) in [6.07, 6.45) is 0. The van der Waals surface area contributed by atoms with E-state index in [1.807, 2.05) is 19.1 Å². The summed E-state index contributed by atoms with van der Waals surface area (Å²) in [5.74, 6) is -0.210. The first-order valence-corrected chi connectivity index (χ1v) is 5.71. The first kappa shape index (κ1) is 10.5. The molecule has 0 fully saturated rings. The number of benzene rings is 2. The lowest BCUT2D eigenvalue weighted by atomic mass is 9.54. The molecule has 3 heteroatoms. The van der Waals surface area contributed by atoms with Gasteiger partial charge in [0.2, 0.25) is 0 Å². The molecule has 84 valence electrons. The van der Waals surface area contributed by atoms with Crippen molar-refractivity contribution < 1.29 is 9.04 Å². The molecule has 2 aromatic carbocycles. The fourth-order valence-electron chi connectivity index (χ4n) is 2.34. The SMILES string of the molecule is Cc1ccc(F)cc1B1OCc2ccccc21. The summed E-state index contributed by atoms with van der Waals surface area (Å²) >= 11 is 0. The molecule has 0 saturated heterocycles. The third-order valence-electron chi connectivity index (χ3n) is 3.27. The Kier molecular flexibility index (Phi) is 2.48. The summed E-state index contributed by atoms with van der Waals surface area (Å²) < 4.78 is 19.1. The van der Waals surface area contributed by atoms with E-state index in [1.54, 1.807) is 12.1 Å². The predicted molar refractivity (Wildman–Crippen MR) is 67.4 cm³/mol.